The summed E-state index contributed by atoms with van der Waals surface area (Å²) in [5.41, 5.74) is 1.83. The predicted octanol–water partition coefficient (Wildman–Crippen LogP) is 0.780. The lowest BCUT2D eigenvalue weighted by molar-refractivity contribution is 0.0963. The molecule has 28 heavy (non-hydrogen) atoms. The maximum Gasteiger partial charge on any atom is 0.251 e. The number of carbonyl (C=O) groups excluding carboxylic acids is 1. The molecule has 2 rings (SSSR count). The number of rotatable bonds is 8. The molecule has 1 aromatic rings. The zero-order chi connectivity index (χ0) is 20.4. The summed E-state index contributed by atoms with van der Waals surface area (Å²) < 4.78 is 0. The maximum absolute atomic E-state index is 11.8. The fraction of sp³-hybridized carbons (Fsp3) is 0.619. The standard InChI is InChI=1S/C21H36N6O/c1-5-23-21(25-16-17(2)27-13-11-26(4)12-14-27)24-10-9-18-7-6-8-19(15-18)20(28)22-3/h6-8,15,17H,5,9-14,16H2,1-4H3,(H,22,28)(H2,23,24,25). The van der Waals surface area contributed by atoms with E-state index in [1.54, 1.807) is 7.05 Å². The van der Waals surface area contributed by atoms with E-state index in [4.69, 9.17) is 4.99 Å². The largest absolute Gasteiger partial charge is 0.357 e. The zero-order valence-corrected chi connectivity index (χ0v) is 17.8. The highest BCUT2D eigenvalue weighted by atomic mass is 16.1. The van der Waals surface area contributed by atoms with Crippen LogP contribution in [-0.2, 0) is 6.42 Å². The van der Waals surface area contributed by atoms with E-state index in [9.17, 15) is 4.79 Å². The van der Waals surface area contributed by atoms with Gasteiger partial charge in [-0.05, 0) is 45.0 Å². The third-order valence-electron chi connectivity index (χ3n) is 5.14. The van der Waals surface area contributed by atoms with Gasteiger partial charge in [-0.25, -0.2) is 0 Å². The van der Waals surface area contributed by atoms with Crippen molar-refractivity contribution in [1.29, 1.82) is 0 Å². The highest BCUT2D eigenvalue weighted by Crippen LogP contribution is 2.06. The van der Waals surface area contributed by atoms with Crippen LogP contribution in [0.3, 0.4) is 0 Å². The lowest BCUT2D eigenvalue weighted by atomic mass is 10.1. The SMILES string of the molecule is CCNC(=NCC(C)N1CCN(C)CC1)NCCc1cccc(C(=O)NC)c1. The number of piperazine rings is 1. The van der Waals surface area contributed by atoms with Crippen LogP contribution in [0.15, 0.2) is 29.3 Å². The van der Waals surface area contributed by atoms with Crippen LogP contribution >= 0.6 is 0 Å². The van der Waals surface area contributed by atoms with Crippen LogP contribution in [0.1, 0.15) is 29.8 Å². The van der Waals surface area contributed by atoms with Gasteiger partial charge in [0.25, 0.3) is 5.91 Å². The van der Waals surface area contributed by atoms with E-state index in [1.165, 1.54) is 0 Å². The fourth-order valence-electron chi connectivity index (χ4n) is 3.28. The molecular formula is C21H36N6O. The van der Waals surface area contributed by atoms with Gasteiger partial charge in [-0.2, -0.15) is 0 Å². The fourth-order valence-corrected chi connectivity index (χ4v) is 3.28. The molecule has 1 aliphatic heterocycles. The number of aliphatic imine (C=N–C) groups is 1. The first-order valence-electron chi connectivity index (χ1n) is 10.3. The molecular weight excluding hydrogens is 352 g/mol. The lowest BCUT2D eigenvalue weighted by Gasteiger charge is -2.35. The van der Waals surface area contributed by atoms with Crippen molar-refractivity contribution in [2.75, 3.05) is 59.9 Å². The van der Waals surface area contributed by atoms with Gasteiger partial charge in [0.15, 0.2) is 5.96 Å². The Kier molecular flexibility index (Phi) is 9.23. The molecule has 1 unspecified atom stereocenters. The molecule has 0 aliphatic carbocycles. The Balaban J connectivity index is 1.83. The minimum absolute atomic E-state index is 0.0531. The van der Waals surface area contributed by atoms with E-state index < -0.39 is 0 Å². The topological polar surface area (TPSA) is 72.0 Å². The number of carbonyl (C=O) groups is 1. The van der Waals surface area contributed by atoms with Crippen LogP contribution in [0, 0.1) is 0 Å². The van der Waals surface area contributed by atoms with Crippen molar-refractivity contribution in [2.45, 2.75) is 26.3 Å². The smallest absolute Gasteiger partial charge is 0.251 e. The molecule has 3 N–H and O–H groups in total. The molecule has 1 saturated heterocycles. The molecule has 156 valence electrons. The maximum atomic E-state index is 11.8. The molecule has 1 atom stereocenters. The van der Waals surface area contributed by atoms with Crippen LogP contribution in [0.4, 0.5) is 0 Å². The van der Waals surface area contributed by atoms with Crippen molar-refractivity contribution < 1.29 is 4.79 Å². The molecule has 1 amide bonds. The summed E-state index contributed by atoms with van der Waals surface area (Å²) in [7, 11) is 3.83. The second-order valence-corrected chi connectivity index (χ2v) is 7.36. The van der Waals surface area contributed by atoms with Gasteiger partial charge in [0.05, 0.1) is 6.54 Å². The number of hydrogen-bond donors (Lipinski definition) is 3. The second-order valence-electron chi connectivity index (χ2n) is 7.36. The van der Waals surface area contributed by atoms with Crippen molar-refractivity contribution in [1.82, 2.24) is 25.8 Å². The van der Waals surface area contributed by atoms with Crippen LogP contribution in [0.25, 0.3) is 0 Å². The molecule has 7 heteroatoms. The van der Waals surface area contributed by atoms with Crippen molar-refractivity contribution in [2.24, 2.45) is 4.99 Å². The number of nitrogens with one attached hydrogen (secondary N) is 3. The summed E-state index contributed by atoms with van der Waals surface area (Å²) in [6, 6.07) is 8.19. The Morgan fingerprint density at radius 3 is 2.64 bits per heavy atom. The minimum Gasteiger partial charge on any atom is -0.357 e. The van der Waals surface area contributed by atoms with E-state index in [-0.39, 0.29) is 5.91 Å². The summed E-state index contributed by atoms with van der Waals surface area (Å²) in [5.74, 6) is 0.800. The van der Waals surface area contributed by atoms with Gasteiger partial charge in [-0.1, -0.05) is 12.1 Å². The number of benzene rings is 1. The number of amides is 1. The Labute approximate surface area is 169 Å². The number of nitrogens with zero attached hydrogens (tertiary/aromatic N) is 3. The van der Waals surface area contributed by atoms with Crippen LogP contribution in [0.2, 0.25) is 0 Å². The third-order valence-corrected chi connectivity index (χ3v) is 5.14. The summed E-state index contributed by atoms with van der Waals surface area (Å²) in [5, 5.41) is 9.40. The van der Waals surface area contributed by atoms with Crippen molar-refractivity contribution in [3.63, 3.8) is 0 Å². The molecule has 0 spiro atoms. The van der Waals surface area contributed by atoms with Gasteiger partial charge >= 0.3 is 0 Å². The average Bonchev–Trinajstić information content (AvgIpc) is 2.72. The van der Waals surface area contributed by atoms with Gasteiger partial charge in [-0.15, -0.1) is 0 Å². The molecule has 0 aromatic heterocycles. The molecule has 1 heterocycles. The second kappa shape index (κ2) is 11.7. The van der Waals surface area contributed by atoms with E-state index in [1.807, 2.05) is 24.3 Å². The molecule has 1 aromatic carbocycles. The zero-order valence-electron chi connectivity index (χ0n) is 17.8. The summed E-state index contributed by atoms with van der Waals surface area (Å²) in [6.45, 7) is 11.2. The van der Waals surface area contributed by atoms with E-state index >= 15 is 0 Å². The monoisotopic (exact) mass is 388 g/mol. The predicted molar refractivity (Wildman–Crippen MR) is 116 cm³/mol. The van der Waals surface area contributed by atoms with Gasteiger partial charge < -0.3 is 20.9 Å². The molecule has 1 aliphatic rings. The molecule has 0 bridgehead atoms. The minimum atomic E-state index is -0.0531. The first-order valence-corrected chi connectivity index (χ1v) is 10.3. The van der Waals surface area contributed by atoms with Gasteiger partial charge in [-0.3, -0.25) is 14.7 Å². The van der Waals surface area contributed by atoms with Gasteiger partial charge in [0.2, 0.25) is 0 Å². The number of likely N-dealkylation sites (N-methyl/N-ethyl adjacent to an activating group) is 1. The first kappa shape index (κ1) is 22.2. The highest BCUT2D eigenvalue weighted by molar-refractivity contribution is 5.94. The third kappa shape index (κ3) is 7.13. The molecule has 0 radical (unpaired) electrons. The Morgan fingerprint density at radius 2 is 1.96 bits per heavy atom. The van der Waals surface area contributed by atoms with E-state index in [0.717, 1.165) is 63.8 Å². The molecule has 0 saturated carbocycles. The molecule has 1 fully saturated rings. The first-order chi connectivity index (χ1) is 13.5. The normalized spacial score (nSPS) is 17.2. The van der Waals surface area contributed by atoms with Crippen LogP contribution < -0.4 is 16.0 Å². The number of hydrogen-bond acceptors (Lipinski definition) is 4. The Morgan fingerprint density at radius 1 is 1.21 bits per heavy atom. The van der Waals surface area contributed by atoms with E-state index in [2.05, 4.69) is 46.6 Å². The molecule has 7 nitrogen and oxygen atoms in total. The average molecular weight is 389 g/mol. The summed E-state index contributed by atoms with van der Waals surface area (Å²) >= 11 is 0. The van der Waals surface area contributed by atoms with Gasteiger partial charge in [0, 0.05) is 57.9 Å². The summed E-state index contributed by atoms with van der Waals surface area (Å²) in [4.78, 5) is 21.4. The van der Waals surface area contributed by atoms with Crippen molar-refractivity contribution in [3.8, 4) is 0 Å². The van der Waals surface area contributed by atoms with Crippen LogP contribution in [-0.4, -0.2) is 87.6 Å². The van der Waals surface area contributed by atoms with Crippen molar-refractivity contribution in [3.05, 3.63) is 35.4 Å². The highest BCUT2D eigenvalue weighted by Gasteiger charge is 2.18. The van der Waals surface area contributed by atoms with Crippen LogP contribution in [0.5, 0.6) is 0 Å². The van der Waals surface area contributed by atoms with Gasteiger partial charge in [0.1, 0.15) is 0 Å². The van der Waals surface area contributed by atoms with Crippen molar-refractivity contribution >= 4 is 11.9 Å². The Hall–Kier alpha value is -2.12. The number of guanidine groups is 1. The quantitative estimate of drug-likeness (QED) is 0.453. The van der Waals surface area contributed by atoms with E-state index in [0.29, 0.717) is 11.6 Å². The Bertz CT molecular complexity index is 640. The lowest BCUT2D eigenvalue weighted by Crippen LogP contribution is -2.49. The summed E-state index contributed by atoms with van der Waals surface area (Å²) in [6.07, 6.45) is 0.837.